The van der Waals surface area contributed by atoms with Gasteiger partial charge in [0.25, 0.3) is 15.6 Å². The minimum Gasteiger partial charge on any atom is -0.444 e. The molecule has 0 saturated heterocycles. The molecule has 0 spiro atoms. The first-order chi connectivity index (χ1) is 21.1. The highest BCUT2D eigenvalue weighted by molar-refractivity contribution is 14.1. The lowest BCUT2D eigenvalue weighted by Gasteiger charge is -2.19. The van der Waals surface area contributed by atoms with Gasteiger partial charge >= 0.3 is 6.09 Å². The van der Waals surface area contributed by atoms with E-state index in [4.69, 9.17) is 15.3 Å². The molecule has 0 saturated carbocycles. The van der Waals surface area contributed by atoms with Crippen molar-refractivity contribution in [2.75, 3.05) is 11.3 Å². The number of ketones is 1. The van der Waals surface area contributed by atoms with Gasteiger partial charge in [0.2, 0.25) is 17.6 Å². The summed E-state index contributed by atoms with van der Waals surface area (Å²) in [6, 6.07) is 7.81. The number of amides is 2. The number of alkyl carbamates (subject to hydrolysis) is 1. The van der Waals surface area contributed by atoms with Crippen LogP contribution in [0, 0.1) is 10.5 Å². The van der Waals surface area contributed by atoms with Crippen LogP contribution in [0.15, 0.2) is 62.8 Å². The highest BCUT2D eigenvalue weighted by Gasteiger charge is 2.25. The summed E-state index contributed by atoms with van der Waals surface area (Å²) in [5.74, 6) is -1.60. The SMILES string of the molecule is Cc1ccc(NS(=O)(=O)c2cccc(I)c2)c(=O)n1CC(=O)NC(CCO/N=C(/N)NC(=O)OC(C)(C)C)C(=O)c1nccs1. The van der Waals surface area contributed by atoms with Crippen molar-refractivity contribution in [2.45, 2.75) is 57.2 Å². The number of aromatic nitrogens is 2. The number of carbonyl (C=O) groups excluding carboxylic acids is 3. The van der Waals surface area contributed by atoms with Gasteiger partial charge in [0.15, 0.2) is 5.01 Å². The van der Waals surface area contributed by atoms with Gasteiger partial charge < -0.3 is 25.2 Å². The number of hydrogen-bond donors (Lipinski definition) is 4. The zero-order chi connectivity index (χ0) is 33.4. The first-order valence-electron chi connectivity index (χ1n) is 13.2. The molecule has 3 rings (SSSR count). The summed E-state index contributed by atoms with van der Waals surface area (Å²) in [4.78, 5) is 60.3. The van der Waals surface area contributed by atoms with Crippen LogP contribution in [-0.4, -0.2) is 60.0 Å². The van der Waals surface area contributed by atoms with Gasteiger partial charge in [-0.25, -0.2) is 18.2 Å². The average Bonchev–Trinajstić information content (AvgIpc) is 3.48. The highest BCUT2D eigenvalue weighted by atomic mass is 127. The average molecular weight is 774 g/mol. The maximum Gasteiger partial charge on any atom is 0.414 e. The number of guanidine groups is 1. The molecule has 5 N–H and O–H groups in total. The molecule has 45 heavy (non-hydrogen) atoms. The van der Waals surface area contributed by atoms with E-state index >= 15 is 0 Å². The number of ether oxygens (including phenoxy) is 1. The molecule has 0 aliphatic heterocycles. The summed E-state index contributed by atoms with van der Waals surface area (Å²) in [5.41, 5.74) is 4.23. The van der Waals surface area contributed by atoms with Crippen molar-refractivity contribution in [1.29, 1.82) is 0 Å². The number of hydrogen-bond acceptors (Lipinski definition) is 11. The number of carbonyl (C=O) groups is 3. The second kappa shape index (κ2) is 15.3. The smallest absolute Gasteiger partial charge is 0.414 e. The van der Waals surface area contributed by atoms with Gasteiger partial charge in [-0.05, 0) is 85.8 Å². The maximum absolute atomic E-state index is 13.2. The molecule has 2 aromatic heterocycles. The van der Waals surface area contributed by atoms with Gasteiger partial charge in [-0.15, -0.1) is 11.3 Å². The van der Waals surface area contributed by atoms with E-state index in [1.165, 1.54) is 30.5 Å². The Morgan fingerprint density at radius 2 is 1.93 bits per heavy atom. The fourth-order valence-corrected chi connectivity index (χ4v) is 6.13. The minimum atomic E-state index is -4.09. The number of oxime groups is 1. The van der Waals surface area contributed by atoms with Crippen LogP contribution in [0.25, 0.3) is 0 Å². The zero-order valence-corrected chi connectivity index (χ0v) is 28.5. The molecule has 0 aliphatic rings. The molecule has 2 amide bonds. The third kappa shape index (κ3) is 10.8. The van der Waals surface area contributed by atoms with Crippen molar-refractivity contribution in [3.63, 3.8) is 0 Å². The Morgan fingerprint density at radius 1 is 1.20 bits per heavy atom. The fourth-order valence-electron chi connectivity index (χ4n) is 3.65. The van der Waals surface area contributed by atoms with E-state index in [0.29, 0.717) is 9.26 Å². The number of nitrogens with two attached hydrogens (primary N) is 1. The Bertz CT molecular complexity index is 1740. The molecule has 242 valence electrons. The highest BCUT2D eigenvalue weighted by Crippen LogP contribution is 2.17. The summed E-state index contributed by atoms with van der Waals surface area (Å²) >= 11 is 3.05. The van der Waals surface area contributed by atoms with E-state index < -0.39 is 51.6 Å². The van der Waals surface area contributed by atoms with Crippen LogP contribution in [0.3, 0.4) is 0 Å². The minimum absolute atomic E-state index is 0.0314. The van der Waals surface area contributed by atoms with Crippen LogP contribution >= 0.6 is 33.9 Å². The summed E-state index contributed by atoms with van der Waals surface area (Å²) in [6.45, 7) is 5.88. The van der Waals surface area contributed by atoms with Crippen LogP contribution in [0.4, 0.5) is 10.5 Å². The number of benzene rings is 1. The number of thiazole rings is 1. The van der Waals surface area contributed by atoms with Crippen LogP contribution < -0.4 is 26.6 Å². The molecule has 1 unspecified atom stereocenters. The molecule has 15 nitrogen and oxygen atoms in total. The Hall–Kier alpha value is -4.04. The fraction of sp³-hybridized carbons (Fsp3) is 0.333. The quantitative estimate of drug-likeness (QED) is 0.0528. The number of aryl methyl sites for hydroxylation is 1. The summed E-state index contributed by atoms with van der Waals surface area (Å²) in [5, 5.41) is 10.1. The van der Waals surface area contributed by atoms with E-state index in [1.54, 1.807) is 45.2 Å². The Morgan fingerprint density at radius 3 is 2.58 bits per heavy atom. The molecular formula is C27H32IN7O8S2. The number of pyridine rings is 1. The Balaban J connectivity index is 1.71. The number of nitrogens with one attached hydrogen (secondary N) is 3. The van der Waals surface area contributed by atoms with Gasteiger partial charge in [0, 0.05) is 27.3 Å². The molecule has 3 aromatic rings. The summed E-state index contributed by atoms with van der Waals surface area (Å²) in [7, 11) is -4.09. The van der Waals surface area contributed by atoms with Gasteiger partial charge in [-0.3, -0.25) is 24.4 Å². The molecule has 0 radical (unpaired) electrons. The first kappa shape index (κ1) is 35.4. The molecule has 0 bridgehead atoms. The summed E-state index contributed by atoms with van der Waals surface area (Å²) < 4.78 is 34.9. The van der Waals surface area contributed by atoms with Crippen LogP contribution in [0.2, 0.25) is 0 Å². The van der Waals surface area contributed by atoms with E-state index in [2.05, 4.69) is 25.5 Å². The van der Waals surface area contributed by atoms with Crippen LogP contribution in [0.5, 0.6) is 0 Å². The van der Waals surface area contributed by atoms with Crippen molar-refractivity contribution in [2.24, 2.45) is 10.9 Å². The Kier molecular flexibility index (Phi) is 12.1. The lowest BCUT2D eigenvalue weighted by molar-refractivity contribution is -0.122. The predicted octanol–water partition coefficient (Wildman–Crippen LogP) is 2.55. The second-order valence-electron chi connectivity index (χ2n) is 10.4. The molecule has 1 aromatic carbocycles. The molecular weight excluding hydrogens is 741 g/mol. The normalized spacial score (nSPS) is 12.6. The Labute approximate surface area is 276 Å². The zero-order valence-electron chi connectivity index (χ0n) is 24.7. The number of nitrogens with zero attached hydrogens (tertiary/aromatic N) is 3. The van der Waals surface area contributed by atoms with Crippen molar-refractivity contribution < 1.29 is 32.4 Å². The van der Waals surface area contributed by atoms with E-state index in [9.17, 15) is 27.6 Å². The summed E-state index contributed by atoms with van der Waals surface area (Å²) in [6.07, 6.45) is 0.525. The number of Topliss-reactive ketones (excluding diaryl/α,β-unsaturated/α-hetero) is 1. The van der Waals surface area contributed by atoms with E-state index in [1.807, 2.05) is 22.6 Å². The van der Waals surface area contributed by atoms with Crippen molar-refractivity contribution in [3.05, 3.63) is 72.6 Å². The third-order valence-electron chi connectivity index (χ3n) is 5.63. The molecule has 18 heteroatoms. The molecule has 0 fully saturated rings. The molecule has 2 heterocycles. The van der Waals surface area contributed by atoms with E-state index in [-0.39, 0.29) is 34.6 Å². The van der Waals surface area contributed by atoms with Gasteiger partial charge in [-0.2, -0.15) is 0 Å². The molecule has 0 aliphatic carbocycles. The van der Waals surface area contributed by atoms with Gasteiger partial charge in [0.05, 0.1) is 10.9 Å². The molecule has 1 atom stereocenters. The van der Waals surface area contributed by atoms with Gasteiger partial charge in [0.1, 0.15) is 24.4 Å². The monoisotopic (exact) mass is 773 g/mol. The maximum atomic E-state index is 13.2. The number of rotatable bonds is 12. The lowest BCUT2D eigenvalue weighted by Crippen LogP contribution is -2.44. The van der Waals surface area contributed by atoms with Crippen molar-refractivity contribution >= 4 is 73.4 Å². The number of halogens is 1. The second-order valence-corrected chi connectivity index (χ2v) is 14.2. The standard InChI is InChI=1S/C27H32IN7O8S2/c1-16-8-9-20(34-45(40,41)18-7-5-6-17(28)14-18)24(38)35(16)15-21(36)31-19(22(37)23-30-11-13-44-23)10-12-42-33-25(29)32-26(39)43-27(2,3)4/h5-9,11,13-14,19,34H,10,12,15H2,1-4H3,(H,31,36)(H3,29,32,33,39). The lowest BCUT2D eigenvalue weighted by atomic mass is 10.1. The number of sulfonamides is 1. The third-order valence-corrected chi connectivity index (χ3v) is 8.45. The first-order valence-corrected chi connectivity index (χ1v) is 16.7. The van der Waals surface area contributed by atoms with Crippen molar-refractivity contribution in [3.8, 4) is 0 Å². The number of anilines is 1. The largest absolute Gasteiger partial charge is 0.444 e. The van der Waals surface area contributed by atoms with Crippen LogP contribution in [0.1, 0.15) is 42.7 Å². The van der Waals surface area contributed by atoms with E-state index in [0.717, 1.165) is 15.9 Å². The van der Waals surface area contributed by atoms with Crippen molar-refractivity contribution in [1.82, 2.24) is 20.2 Å². The predicted molar refractivity (Wildman–Crippen MR) is 175 cm³/mol. The van der Waals surface area contributed by atoms with Crippen LogP contribution in [-0.2, 0) is 30.9 Å². The topological polar surface area (TPSA) is 213 Å². The van der Waals surface area contributed by atoms with Gasteiger partial charge in [-0.1, -0.05) is 6.07 Å².